The van der Waals surface area contributed by atoms with Gasteiger partial charge in [0.05, 0.1) is 19.6 Å². The molecule has 0 aromatic heterocycles. The van der Waals surface area contributed by atoms with Gasteiger partial charge < -0.3 is 9.47 Å². The molecule has 4 heteroatoms. The van der Waals surface area contributed by atoms with Crippen LogP contribution in [0.2, 0.25) is 0 Å². The van der Waals surface area contributed by atoms with E-state index in [4.69, 9.17) is 35.5 Å². The van der Waals surface area contributed by atoms with Crippen molar-refractivity contribution in [3.63, 3.8) is 0 Å². The van der Waals surface area contributed by atoms with Gasteiger partial charge in [-0.05, 0) is 41.9 Å². The Bertz CT molecular complexity index is 1330. The van der Waals surface area contributed by atoms with Crippen molar-refractivity contribution in [2.45, 2.75) is 45.3 Å². The Hall–Kier alpha value is -1.55. The second-order valence-electron chi connectivity index (χ2n) is 4.89. The summed E-state index contributed by atoms with van der Waals surface area (Å²) in [5.41, 5.74) is -1.88. The van der Waals surface area contributed by atoms with Crippen LogP contribution in [0.3, 0.4) is 0 Å². The summed E-state index contributed by atoms with van der Waals surface area (Å²) in [5.74, 6) is -10.8. The van der Waals surface area contributed by atoms with Crippen molar-refractivity contribution < 1.29 is 41.7 Å². The van der Waals surface area contributed by atoms with Gasteiger partial charge in [-0.25, -0.2) is 0 Å². The zero-order valence-electron chi connectivity index (χ0n) is 32.9. The van der Waals surface area contributed by atoms with E-state index in [0.717, 1.165) is 7.11 Å². The number of aryl methyl sites for hydroxylation is 1. The molecule has 4 nitrogen and oxygen atoms in total. The van der Waals surface area contributed by atoms with Crippen molar-refractivity contribution in [2.75, 3.05) is 27.1 Å². The van der Waals surface area contributed by atoms with Gasteiger partial charge in [-0.2, -0.15) is 0 Å². The van der Waals surface area contributed by atoms with Gasteiger partial charge in [0.2, 0.25) is 0 Å². The molecule has 2 aliphatic rings. The number of benzene rings is 1. The monoisotopic (exact) mass is 351 g/mol. The van der Waals surface area contributed by atoms with E-state index in [-0.39, 0.29) is 0 Å². The molecule has 1 aromatic carbocycles. The highest BCUT2D eigenvalue weighted by atomic mass is 16.5. The minimum atomic E-state index is -4.16. The Morgan fingerprint density at radius 2 is 2.38 bits per heavy atom. The molecule has 132 valence electrons. The fourth-order valence-electron chi connectivity index (χ4n) is 2.30. The molecular formula is C20H29NO3. The van der Waals surface area contributed by atoms with Gasteiger partial charge in [-0.3, -0.25) is 9.69 Å². The highest BCUT2D eigenvalue weighted by molar-refractivity contribution is 5.83. The van der Waals surface area contributed by atoms with Crippen LogP contribution in [0, 0.1) is 11.8 Å². The van der Waals surface area contributed by atoms with Crippen molar-refractivity contribution in [3.8, 4) is 11.5 Å². The van der Waals surface area contributed by atoms with Crippen LogP contribution in [0.25, 0.3) is 0 Å². The van der Waals surface area contributed by atoms with Crippen molar-refractivity contribution in [2.24, 2.45) is 11.8 Å². The number of Topliss-reactive ketones (excluding diaryl/α,β-unsaturated/α-hetero) is 1. The van der Waals surface area contributed by atoms with Gasteiger partial charge in [0.25, 0.3) is 0 Å². The molecule has 0 bridgehead atoms. The largest absolute Gasteiger partial charge is 0.493 e. The maximum atomic E-state index is 13.9. The number of ether oxygens (including phenoxy) is 2. The predicted molar refractivity (Wildman–Crippen MR) is 94.8 cm³/mol. The van der Waals surface area contributed by atoms with Crippen LogP contribution in [0.5, 0.6) is 11.5 Å². The van der Waals surface area contributed by atoms with Gasteiger partial charge in [0, 0.05) is 53.2 Å². The van der Waals surface area contributed by atoms with E-state index >= 15 is 0 Å². The van der Waals surface area contributed by atoms with E-state index in [0.29, 0.717) is 19.1 Å². The summed E-state index contributed by atoms with van der Waals surface area (Å²) in [6.45, 7) is -11.4. The Labute approximate surface area is 173 Å². The summed E-state index contributed by atoms with van der Waals surface area (Å²) in [6.07, 6.45) is -15.0. The van der Waals surface area contributed by atoms with Crippen LogP contribution >= 0.6 is 0 Å². The lowest BCUT2D eigenvalue weighted by molar-refractivity contribution is -0.129. The number of ketones is 1. The van der Waals surface area contributed by atoms with Gasteiger partial charge >= 0.3 is 0 Å². The number of nitrogens with zero attached hydrogens (tertiary/aromatic N) is 1. The van der Waals surface area contributed by atoms with Crippen molar-refractivity contribution >= 4 is 5.78 Å². The zero-order valence-corrected chi connectivity index (χ0v) is 12.9. The molecule has 2 aliphatic heterocycles. The van der Waals surface area contributed by atoms with E-state index in [1.165, 1.54) is 0 Å². The summed E-state index contributed by atoms with van der Waals surface area (Å²) in [6, 6.07) is -2.36. The standard InChI is InChI=1S/C20H29NO3/c1-5-13(2)8-15-12-21-7-6-14-9-19(23-3)20(24-4)10-16(14)17(21)11-18(15)22/h9-10,13,15,17H,5-8,11-12H2,1-4H3/i2D3,3D3,5D2,6D2,7D2,8D2,11D2,12D2,13D,17D. The molecule has 3 rings (SSSR count). The first-order chi connectivity index (χ1) is 19.1. The fourth-order valence-corrected chi connectivity index (χ4v) is 2.30. The number of methoxy groups -OCH3 is 2. The second-order valence-corrected chi connectivity index (χ2v) is 4.89. The average molecular weight is 352 g/mol. The highest BCUT2D eigenvalue weighted by Crippen LogP contribution is 2.42. The molecule has 1 saturated heterocycles. The van der Waals surface area contributed by atoms with E-state index < -0.39 is 104 Å². The van der Waals surface area contributed by atoms with E-state index in [1.54, 1.807) is 0 Å². The highest BCUT2D eigenvalue weighted by Gasteiger charge is 2.38. The molecule has 3 unspecified atom stereocenters. The normalized spacial score (nSPS) is 52.2. The topological polar surface area (TPSA) is 38.8 Å². The Balaban J connectivity index is 2.52. The van der Waals surface area contributed by atoms with Gasteiger partial charge in [-0.15, -0.1) is 0 Å². The predicted octanol–water partition coefficient (Wildman–Crippen LogP) is 3.63. The summed E-state index contributed by atoms with van der Waals surface area (Å²) in [5, 5.41) is 0. The molecule has 0 aliphatic carbocycles. The third kappa shape index (κ3) is 3.16. The van der Waals surface area contributed by atoms with E-state index in [1.807, 2.05) is 0 Å². The van der Waals surface area contributed by atoms with E-state index in [9.17, 15) is 6.17 Å². The quantitative estimate of drug-likeness (QED) is 0.812. The second kappa shape index (κ2) is 7.14. The Kier molecular flexibility index (Phi) is 1.55. The smallest absolute Gasteiger partial charge is 0.161 e. The zero-order chi connectivity index (χ0) is 34.9. The summed E-state index contributed by atoms with van der Waals surface area (Å²) < 4.78 is 176. The number of hydrogen-bond acceptors (Lipinski definition) is 4. The number of carbonyl (C=O) groups excluding carboxylic acids is 1. The first kappa shape index (κ1) is 5.23. The minimum Gasteiger partial charge on any atom is -0.493 e. The lowest BCUT2D eigenvalue weighted by Crippen LogP contribution is -2.46. The lowest BCUT2D eigenvalue weighted by Gasteiger charge is -2.43. The third-order valence-corrected chi connectivity index (χ3v) is 3.50. The van der Waals surface area contributed by atoms with Crippen LogP contribution < -0.4 is 9.47 Å². The van der Waals surface area contributed by atoms with Gasteiger partial charge in [0.1, 0.15) is 5.78 Å². The SMILES string of the molecule is [2H]C([2H])([2H])Oc1cc2c(cc1OC)C1([2H])N(C([2H])([2H])C(C([2H])([2H])C([2H])(C([2H])([2H])[2H])C([2H])([2H])C)C(=O)C1([2H])[2H])C([2H])([2H])C2([2H])[2H]. The first-order valence-electron chi connectivity index (χ1n) is 16.9. The molecule has 0 saturated carbocycles. The number of fused-ring (bicyclic) bond motifs is 3. The van der Waals surface area contributed by atoms with Crippen LogP contribution in [0.15, 0.2) is 12.1 Å². The summed E-state index contributed by atoms with van der Waals surface area (Å²) >= 11 is 0. The number of rotatable bonds is 5. The molecule has 1 aromatic rings. The molecule has 0 radical (unpaired) electrons. The van der Waals surface area contributed by atoms with Crippen LogP contribution in [-0.2, 0) is 11.2 Å². The van der Waals surface area contributed by atoms with Gasteiger partial charge in [0.15, 0.2) is 11.5 Å². The Morgan fingerprint density at radius 3 is 3.08 bits per heavy atom. The fraction of sp³-hybridized carbons (Fsp3) is 0.650. The van der Waals surface area contributed by atoms with Crippen LogP contribution in [0.1, 0.15) is 77.5 Å². The molecule has 3 atom stereocenters. The minimum absolute atomic E-state index is 0.395. The summed E-state index contributed by atoms with van der Waals surface area (Å²) in [4.78, 5) is 13.5. The molecule has 2 heterocycles. The van der Waals surface area contributed by atoms with Gasteiger partial charge in [-0.1, -0.05) is 20.1 Å². The molecular weight excluding hydrogens is 302 g/mol. The molecule has 24 heavy (non-hydrogen) atoms. The number of piperidine rings is 1. The van der Waals surface area contributed by atoms with Crippen molar-refractivity contribution in [1.29, 1.82) is 0 Å². The van der Waals surface area contributed by atoms with Crippen LogP contribution in [-0.4, -0.2) is 37.8 Å². The van der Waals surface area contributed by atoms with Crippen molar-refractivity contribution in [1.82, 2.24) is 4.90 Å². The van der Waals surface area contributed by atoms with Crippen molar-refractivity contribution in [3.05, 3.63) is 23.3 Å². The van der Waals surface area contributed by atoms with E-state index in [2.05, 4.69) is 0 Å². The number of hydrogen-bond donors (Lipinski definition) is 0. The third-order valence-electron chi connectivity index (χ3n) is 3.50. The maximum absolute atomic E-state index is 13.9. The van der Waals surface area contributed by atoms with Crippen LogP contribution in [0.4, 0.5) is 0 Å². The molecule has 0 spiro atoms. The molecule has 1 fully saturated rings. The lowest BCUT2D eigenvalue weighted by atomic mass is 9.79. The first-order valence-corrected chi connectivity index (χ1v) is 6.92. The summed E-state index contributed by atoms with van der Waals surface area (Å²) in [7, 11) is -2.18. The number of carbonyl (C=O) groups is 1. The molecule has 0 amide bonds. The maximum Gasteiger partial charge on any atom is 0.161 e. The Morgan fingerprint density at radius 1 is 1.54 bits per heavy atom. The average Bonchev–Trinajstić information content (AvgIpc) is 2.78. The molecule has 0 N–H and O–H groups in total.